The van der Waals surface area contributed by atoms with Gasteiger partial charge in [0.25, 0.3) is 0 Å². The summed E-state index contributed by atoms with van der Waals surface area (Å²) in [6, 6.07) is -0.771. The number of hydrogen-bond donors (Lipinski definition) is 3. The van der Waals surface area contributed by atoms with Gasteiger partial charge in [0.1, 0.15) is 6.04 Å². The first-order valence-electron chi connectivity index (χ1n) is 5.77. The number of carbonyl (C=O) groups excluding carboxylic acids is 1. The van der Waals surface area contributed by atoms with Crippen molar-refractivity contribution in [3.8, 4) is 0 Å². The first-order valence-corrected chi connectivity index (χ1v) is 5.77. The van der Waals surface area contributed by atoms with Crippen molar-refractivity contribution in [1.82, 2.24) is 5.32 Å². The van der Waals surface area contributed by atoms with Gasteiger partial charge in [-0.3, -0.25) is 4.79 Å². The van der Waals surface area contributed by atoms with Crippen molar-refractivity contribution in [3.63, 3.8) is 0 Å². The summed E-state index contributed by atoms with van der Waals surface area (Å²) in [6.07, 6.45) is 2.32. The summed E-state index contributed by atoms with van der Waals surface area (Å²) >= 11 is 0. The predicted molar refractivity (Wildman–Crippen MR) is 61.9 cm³/mol. The Bertz CT molecular complexity index is 227. The Morgan fingerprint density at radius 3 is 2.38 bits per heavy atom. The van der Waals surface area contributed by atoms with Crippen molar-refractivity contribution in [2.24, 2.45) is 11.7 Å². The Morgan fingerprint density at radius 2 is 2.00 bits per heavy atom. The normalized spacial score (nSPS) is 14.2. The SMILES string of the molecule is CCC[C@H](NC(=O)CC(CC)CN)C(=O)O. The highest BCUT2D eigenvalue weighted by Crippen LogP contribution is 2.06. The molecule has 1 amide bonds. The average Bonchev–Trinajstić information content (AvgIpc) is 2.25. The number of aliphatic carboxylic acids is 1. The molecule has 16 heavy (non-hydrogen) atoms. The Hall–Kier alpha value is -1.10. The molecule has 0 saturated carbocycles. The fourth-order valence-electron chi connectivity index (χ4n) is 1.46. The molecular weight excluding hydrogens is 208 g/mol. The van der Waals surface area contributed by atoms with Gasteiger partial charge in [-0.05, 0) is 18.9 Å². The maximum absolute atomic E-state index is 11.5. The maximum atomic E-state index is 11.5. The van der Waals surface area contributed by atoms with Crippen molar-refractivity contribution >= 4 is 11.9 Å². The number of carboxylic acid groups (broad SMARTS) is 1. The van der Waals surface area contributed by atoms with E-state index in [-0.39, 0.29) is 11.8 Å². The molecule has 0 heterocycles. The van der Waals surface area contributed by atoms with Crippen LogP contribution in [0, 0.1) is 5.92 Å². The van der Waals surface area contributed by atoms with E-state index in [1.54, 1.807) is 0 Å². The minimum atomic E-state index is -0.976. The molecule has 5 nitrogen and oxygen atoms in total. The molecule has 0 aliphatic carbocycles. The third-order valence-electron chi connectivity index (χ3n) is 2.60. The van der Waals surface area contributed by atoms with Crippen molar-refractivity contribution in [2.45, 2.75) is 45.6 Å². The van der Waals surface area contributed by atoms with Crippen LogP contribution in [0.15, 0.2) is 0 Å². The summed E-state index contributed by atoms with van der Waals surface area (Å²) in [7, 11) is 0. The zero-order valence-electron chi connectivity index (χ0n) is 10.0. The topological polar surface area (TPSA) is 92.4 Å². The standard InChI is InChI=1S/C11H22N2O3/c1-3-5-9(11(15)16)13-10(14)6-8(4-2)7-12/h8-9H,3-7,12H2,1-2H3,(H,13,14)(H,15,16)/t8?,9-/m0/s1. The summed E-state index contributed by atoms with van der Waals surface area (Å²) in [5.74, 6) is -1.06. The second kappa shape index (κ2) is 8.10. The molecule has 2 atom stereocenters. The van der Waals surface area contributed by atoms with Crippen LogP contribution >= 0.6 is 0 Å². The molecule has 0 aromatic rings. The molecule has 0 bridgehead atoms. The van der Waals surface area contributed by atoms with Gasteiger partial charge in [-0.2, -0.15) is 0 Å². The van der Waals surface area contributed by atoms with E-state index >= 15 is 0 Å². The van der Waals surface area contributed by atoms with Crippen LogP contribution in [-0.2, 0) is 9.59 Å². The number of carbonyl (C=O) groups is 2. The second-order valence-electron chi connectivity index (χ2n) is 3.96. The van der Waals surface area contributed by atoms with E-state index in [1.807, 2.05) is 13.8 Å². The van der Waals surface area contributed by atoms with Crippen molar-refractivity contribution in [2.75, 3.05) is 6.54 Å². The van der Waals surface area contributed by atoms with E-state index in [0.717, 1.165) is 12.8 Å². The van der Waals surface area contributed by atoms with Crippen LogP contribution in [0.1, 0.15) is 39.5 Å². The van der Waals surface area contributed by atoms with Gasteiger partial charge in [0.15, 0.2) is 0 Å². The molecule has 0 aliphatic rings. The minimum Gasteiger partial charge on any atom is -0.480 e. The lowest BCUT2D eigenvalue weighted by molar-refractivity contribution is -0.142. The van der Waals surface area contributed by atoms with Gasteiger partial charge in [-0.25, -0.2) is 4.79 Å². The molecule has 1 unspecified atom stereocenters. The van der Waals surface area contributed by atoms with Gasteiger partial charge in [-0.1, -0.05) is 26.7 Å². The number of hydrogen-bond acceptors (Lipinski definition) is 3. The van der Waals surface area contributed by atoms with E-state index in [2.05, 4.69) is 5.32 Å². The molecule has 0 spiro atoms. The fourth-order valence-corrected chi connectivity index (χ4v) is 1.46. The quantitative estimate of drug-likeness (QED) is 0.573. The number of nitrogens with two attached hydrogens (primary N) is 1. The molecule has 0 radical (unpaired) electrons. The lowest BCUT2D eigenvalue weighted by Gasteiger charge is -2.16. The minimum absolute atomic E-state index is 0.135. The molecular formula is C11H22N2O3. The van der Waals surface area contributed by atoms with E-state index in [0.29, 0.717) is 19.4 Å². The summed E-state index contributed by atoms with van der Waals surface area (Å²) in [4.78, 5) is 22.3. The summed E-state index contributed by atoms with van der Waals surface area (Å²) in [5.41, 5.74) is 5.48. The van der Waals surface area contributed by atoms with Crippen LogP contribution in [0.5, 0.6) is 0 Å². The largest absolute Gasteiger partial charge is 0.480 e. The first kappa shape index (κ1) is 14.9. The average molecular weight is 230 g/mol. The van der Waals surface area contributed by atoms with Crippen molar-refractivity contribution < 1.29 is 14.7 Å². The summed E-state index contributed by atoms with van der Waals surface area (Å²) in [6.45, 7) is 4.30. The number of carboxylic acids is 1. The Balaban J connectivity index is 4.13. The Labute approximate surface area is 96.4 Å². The zero-order valence-corrected chi connectivity index (χ0v) is 10.0. The van der Waals surface area contributed by atoms with E-state index in [1.165, 1.54) is 0 Å². The van der Waals surface area contributed by atoms with Gasteiger partial charge in [-0.15, -0.1) is 0 Å². The third-order valence-corrected chi connectivity index (χ3v) is 2.60. The van der Waals surface area contributed by atoms with Crippen LogP contribution < -0.4 is 11.1 Å². The van der Waals surface area contributed by atoms with Crippen LogP contribution in [-0.4, -0.2) is 29.6 Å². The number of rotatable bonds is 8. The van der Waals surface area contributed by atoms with Crippen LogP contribution in [0.3, 0.4) is 0 Å². The van der Waals surface area contributed by atoms with Crippen molar-refractivity contribution in [3.05, 3.63) is 0 Å². The van der Waals surface area contributed by atoms with Crippen LogP contribution in [0.4, 0.5) is 0 Å². The Kier molecular flexibility index (Phi) is 7.54. The van der Waals surface area contributed by atoms with Gasteiger partial charge in [0.2, 0.25) is 5.91 Å². The highest BCUT2D eigenvalue weighted by atomic mass is 16.4. The summed E-state index contributed by atoms with van der Waals surface area (Å²) < 4.78 is 0. The van der Waals surface area contributed by atoms with E-state index in [9.17, 15) is 9.59 Å². The predicted octanol–water partition coefficient (Wildman–Crippen LogP) is 0.731. The van der Waals surface area contributed by atoms with Gasteiger partial charge in [0.05, 0.1) is 0 Å². The molecule has 0 rings (SSSR count). The highest BCUT2D eigenvalue weighted by molar-refractivity contribution is 5.83. The number of amides is 1. The molecule has 4 N–H and O–H groups in total. The maximum Gasteiger partial charge on any atom is 0.326 e. The van der Waals surface area contributed by atoms with E-state index < -0.39 is 12.0 Å². The highest BCUT2D eigenvalue weighted by Gasteiger charge is 2.20. The molecule has 0 aromatic heterocycles. The summed E-state index contributed by atoms with van der Waals surface area (Å²) in [5, 5.41) is 11.4. The fraction of sp³-hybridized carbons (Fsp3) is 0.818. The lowest BCUT2D eigenvalue weighted by atomic mass is 10.0. The van der Waals surface area contributed by atoms with Crippen LogP contribution in [0.25, 0.3) is 0 Å². The molecule has 0 fully saturated rings. The zero-order chi connectivity index (χ0) is 12.6. The molecule has 94 valence electrons. The third kappa shape index (κ3) is 5.70. The monoisotopic (exact) mass is 230 g/mol. The molecule has 5 heteroatoms. The lowest BCUT2D eigenvalue weighted by Crippen LogP contribution is -2.41. The molecule has 0 aromatic carbocycles. The molecule has 0 saturated heterocycles. The second-order valence-corrected chi connectivity index (χ2v) is 3.96. The van der Waals surface area contributed by atoms with Gasteiger partial charge in [0, 0.05) is 6.42 Å². The smallest absolute Gasteiger partial charge is 0.326 e. The van der Waals surface area contributed by atoms with E-state index in [4.69, 9.17) is 10.8 Å². The van der Waals surface area contributed by atoms with Gasteiger partial charge < -0.3 is 16.2 Å². The van der Waals surface area contributed by atoms with Gasteiger partial charge >= 0.3 is 5.97 Å². The van der Waals surface area contributed by atoms with Crippen molar-refractivity contribution in [1.29, 1.82) is 0 Å². The molecule has 0 aliphatic heterocycles. The first-order chi connectivity index (χ1) is 7.54. The number of nitrogens with one attached hydrogen (secondary N) is 1. The van der Waals surface area contributed by atoms with Crippen LogP contribution in [0.2, 0.25) is 0 Å². The Morgan fingerprint density at radius 1 is 1.38 bits per heavy atom.